The van der Waals surface area contributed by atoms with E-state index in [2.05, 4.69) is 4.74 Å². The lowest BCUT2D eigenvalue weighted by atomic mass is 10.1. The number of hydrogen-bond acceptors (Lipinski definition) is 4. The highest BCUT2D eigenvalue weighted by molar-refractivity contribution is 5.68. The number of rotatable bonds is 4. The summed E-state index contributed by atoms with van der Waals surface area (Å²) in [6.07, 6.45) is 1.91. The normalized spacial score (nSPS) is 20.2. The van der Waals surface area contributed by atoms with Gasteiger partial charge in [-0.15, -0.1) is 0 Å². The molecule has 1 aliphatic heterocycles. The molecule has 0 aromatic heterocycles. The van der Waals surface area contributed by atoms with Crippen molar-refractivity contribution in [2.24, 2.45) is 0 Å². The summed E-state index contributed by atoms with van der Waals surface area (Å²) < 4.78 is 15.3. The molecule has 13 heavy (non-hydrogen) atoms. The van der Waals surface area contributed by atoms with E-state index in [9.17, 15) is 4.79 Å². The fourth-order valence-corrected chi connectivity index (χ4v) is 1.36. The molecule has 1 saturated heterocycles. The van der Waals surface area contributed by atoms with Crippen molar-refractivity contribution in [2.75, 3.05) is 20.3 Å². The van der Waals surface area contributed by atoms with Crippen LogP contribution in [-0.4, -0.2) is 32.1 Å². The summed E-state index contributed by atoms with van der Waals surface area (Å²) in [7, 11) is 1.40. The molecule has 4 heteroatoms. The zero-order valence-corrected chi connectivity index (χ0v) is 8.17. The molecule has 1 fully saturated rings. The van der Waals surface area contributed by atoms with E-state index in [1.165, 1.54) is 7.11 Å². The van der Waals surface area contributed by atoms with Crippen LogP contribution in [0.25, 0.3) is 0 Å². The van der Waals surface area contributed by atoms with Crippen molar-refractivity contribution in [2.45, 2.75) is 32.0 Å². The van der Waals surface area contributed by atoms with Crippen LogP contribution in [0.1, 0.15) is 26.2 Å². The zero-order chi connectivity index (χ0) is 9.73. The maximum atomic E-state index is 10.8. The molecule has 0 aliphatic carbocycles. The Morgan fingerprint density at radius 1 is 1.46 bits per heavy atom. The number of esters is 1. The molecular formula is C9H16O4. The fraction of sp³-hybridized carbons (Fsp3) is 0.889. The summed E-state index contributed by atoms with van der Waals surface area (Å²) in [5.41, 5.74) is 0. The fourth-order valence-electron chi connectivity index (χ4n) is 1.36. The van der Waals surface area contributed by atoms with Gasteiger partial charge in [0.2, 0.25) is 0 Å². The second-order valence-corrected chi connectivity index (χ2v) is 3.26. The number of ether oxygens (including phenoxy) is 3. The molecule has 0 amide bonds. The summed E-state index contributed by atoms with van der Waals surface area (Å²) in [5, 5.41) is 0. The zero-order valence-electron chi connectivity index (χ0n) is 8.17. The van der Waals surface area contributed by atoms with Gasteiger partial charge in [0.15, 0.2) is 5.79 Å². The second kappa shape index (κ2) is 4.58. The monoisotopic (exact) mass is 188 g/mol. The van der Waals surface area contributed by atoms with Gasteiger partial charge in [0.1, 0.15) is 0 Å². The van der Waals surface area contributed by atoms with Crippen LogP contribution in [0.2, 0.25) is 0 Å². The molecule has 4 nitrogen and oxygen atoms in total. The summed E-state index contributed by atoms with van der Waals surface area (Å²) in [4.78, 5) is 10.8. The highest BCUT2D eigenvalue weighted by Crippen LogP contribution is 2.24. The smallest absolute Gasteiger partial charge is 0.305 e. The van der Waals surface area contributed by atoms with E-state index in [1.54, 1.807) is 0 Å². The minimum atomic E-state index is -0.478. The summed E-state index contributed by atoms with van der Waals surface area (Å²) in [6.45, 7) is 3.20. The molecule has 0 saturated carbocycles. The van der Waals surface area contributed by atoms with Gasteiger partial charge in [-0.3, -0.25) is 4.79 Å². The van der Waals surface area contributed by atoms with Crippen LogP contribution in [0.3, 0.4) is 0 Å². The van der Waals surface area contributed by atoms with Crippen molar-refractivity contribution in [3.63, 3.8) is 0 Å². The van der Waals surface area contributed by atoms with Crippen molar-refractivity contribution >= 4 is 5.97 Å². The van der Waals surface area contributed by atoms with E-state index in [0.29, 0.717) is 19.6 Å². The van der Waals surface area contributed by atoms with Crippen LogP contribution in [0.4, 0.5) is 0 Å². The van der Waals surface area contributed by atoms with Crippen molar-refractivity contribution in [1.82, 2.24) is 0 Å². The molecule has 76 valence electrons. The number of carbonyl (C=O) groups excluding carboxylic acids is 1. The second-order valence-electron chi connectivity index (χ2n) is 3.26. The SMILES string of the molecule is COC(=O)CCCC1(C)OCCO1. The van der Waals surface area contributed by atoms with Crippen LogP contribution in [0.15, 0.2) is 0 Å². The van der Waals surface area contributed by atoms with Crippen LogP contribution in [0, 0.1) is 0 Å². The maximum absolute atomic E-state index is 10.8. The Hall–Kier alpha value is -0.610. The third-order valence-corrected chi connectivity index (χ3v) is 2.14. The Labute approximate surface area is 78.2 Å². The Morgan fingerprint density at radius 3 is 2.62 bits per heavy atom. The molecule has 0 unspecified atom stereocenters. The quantitative estimate of drug-likeness (QED) is 0.619. The highest BCUT2D eigenvalue weighted by Gasteiger charge is 2.30. The Bertz CT molecular complexity index is 172. The van der Waals surface area contributed by atoms with Crippen LogP contribution in [0.5, 0.6) is 0 Å². The minimum Gasteiger partial charge on any atom is -0.469 e. The maximum Gasteiger partial charge on any atom is 0.305 e. The molecular weight excluding hydrogens is 172 g/mol. The van der Waals surface area contributed by atoms with Gasteiger partial charge in [0, 0.05) is 12.8 Å². The van der Waals surface area contributed by atoms with Gasteiger partial charge in [0.25, 0.3) is 0 Å². The van der Waals surface area contributed by atoms with E-state index in [1.807, 2.05) is 6.92 Å². The topological polar surface area (TPSA) is 44.8 Å². The predicted molar refractivity (Wildman–Crippen MR) is 46.2 cm³/mol. The van der Waals surface area contributed by atoms with Crippen molar-refractivity contribution in [1.29, 1.82) is 0 Å². The van der Waals surface area contributed by atoms with Crippen molar-refractivity contribution in [3.05, 3.63) is 0 Å². The number of hydrogen-bond donors (Lipinski definition) is 0. The standard InChI is InChI=1S/C9H16O4/c1-9(12-6-7-13-9)5-3-4-8(10)11-2/h3-7H2,1-2H3. The Morgan fingerprint density at radius 2 is 2.08 bits per heavy atom. The molecule has 0 spiro atoms. The number of methoxy groups -OCH3 is 1. The van der Waals surface area contributed by atoms with E-state index in [-0.39, 0.29) is 5.97 Å². The van der Waals surface area contributed by atoms with E-state index in [4.69, 9.17) is 9.47 Å². The molecule has 0 atom stereocenters. The first-order valence-electron chi connectivity index (χ1n) is 4.51. The number of carbonyl (C=O) groups is 1. The van der Waals surface area contributed by atoms with Gasteiger partial charge in [-0.05, 0) is 13.3 Å². The van der Waals surface area contributed by atoms with Crippen LogP contribution >= 0.6 is 0 Å². The molecule has 1 heterocycles. The lowest BCUT2D eigenvalue weighted by Crippen LogP contribution is -2.25. The van der Waals surface area contributed by atoms with Gasteiger partial charge in [-0.1, -0.05) is 0 Å². The largest absolute Gasteiger partial charge is 0.469 e. The van der Waals surface area contributed by atoms with Gasteiger partial charge >= 0.3 is 5.97 Å². The average Bonchev–Trinajstić information content (AvgIpc) is 2.52. The van der Waals surface area contributed by atoms with Crippen molar-refractivity contribution in [3.8, 4) is 0 Å². The molecule has 0 N–H and O–H groups in total. The van der Waals surface area contributed by atoms with Crippen LogP contribution < -0.4 is 0 Å². The highest BCUT2D eigenvalue weighted by atomic mass is 16.7. The van der Waals surface area contributed by atoms with Gasteiger partial charge in [0.05, 0.1) is 20.3 Å². The molecule has 0 radical (unpaired) electrons. The minimum absolute atomic E-state index is 0.179. The Kier molecular flexibility index (Phi) is 3.69. The van der Waals surface area contributed by atoms with E-state index >= 15 is 0 Å². The van der Waals surface area contributed by atoms with Crippen LogP contribution in [-0.2, 0) is 19.0 Å². The summed E-state index contributed by atoms with van der Waals surface area (Å²) in [5.74, 6) is -0.657. The molecule has 0 aromatic rings. The molecule has 0 aromatic carbocycles. The summed E-state index contributed by atoms with van der Waals surface area (Å²) >= 11 is 0. The molecule has 1 aliphatic rings. The van der Waals surface area contributed by atoms with E-state index in [0.717, 1.165) is 12.8 Å². The summed E-state index contributed by atoms with van der Waals surface area (Å²) in [6, 6.07) is 0. The Balaban J connectivity index is 2.14. The third-order valence-electron chi connectivity index (χ3n) is 2.14. The first-order chi connectivity index (χ1) is 6.16. The van der Waals surface area contributed by atoms with Gasteiger partial charge < -0.3 is 14.2 Å². The van der Waals surface area contributed by atoms with E-state index < -0.39 is 5.79 Å². The average molecular weight is 188 g/mol. The first-order valence-corrected chi connectivity index (χ1v) is 4.51. The third kappa shape index (κ3) is 3.32. The van der Waals surface area contributed by atoms with Crippen molar-refractivity contribution < 1.29 is 19.0 Å². The van der Waals surface area contributed by atoms with Gasteiger partial charge in [-0.25, -0.2) is 0 Å². The molecule has 1 rings (SSSR count). The first kappa shape index (κ1) is 10.5. The lowest BCUT2D eigenvalue weighted by Gasteiger charge is -2.21. The van der Waals surface area contributed by atoms with Gasteiger partial charge in [-0.2, -0.15) is 0 Å². The lowest BCUT2D eigenvalue weighted by molar-refractivity contribution is -0.151. The predicted octanol–water partition coefficient (Wildman–Crippen LogP) is 1.09. The molecule has 0 bridgehead atoms.